The van der Waals surface area contributed by atoms with E-state index in [0.717, 1.165) is 32.5 Å². The van der Waals surface area contributed by atoms with Crippen molar-refractivity contribution in [1.29, 1.82) is 0 Å². The van der Waals surface area contributed by atoms with E-state index in [9.17, 15) is 9.90 Å². The highest BCUT2D eigenvalue weighted by Gasteiger charge is 2.38. The lowest BCUT2D eigenvalue weighted by molar-refractivity contribution is -0.151. The average molecular weight is 268 g/mol. The molecule has 1 N–H and O–H groups in total. The second-order valence-electron chi connectivity index (χ2n) is 5.57. The first-order valence-electron chi connectivity index (χ1n) is 6.33. The first-order valence-corrected chi connectivity index (χ1v) is 7.21. The molecule has 100 valence electrons. The third-order valence-corrected chi connectivity index (χ3v) is 4.70. The summed E-state index contributed by atoms with van der Waals surface area (Å²) in [6, 6.07) is 0. The van der Waals surface area contributed by atoms with Gasteiger partial charge in [-0.25, -0.2) is 0 Å². The second-order valence-corrected chi connectivity index (χ2v) is 6.54. The van der Waals surface area contributed by atoms with Gasteiger partial charge in [-0.1, -0.05) is 0 Å². The molecule has 18 heavy (non-hydrogen) atoms. The predicted octanol–water partition coefficient (Wildman–Crippen LogP) is 2.47. The Morgan fingerprint density at radius 2 is 2.44 bits per heavy atom. The van der Waals surface area contributed by atoms with Gasteiger partial charge >= 0.3 is 5.97 Å². The first kappa shape index (κ1) is 13.5. The highest BCUT2D eigenvalue weighted by molar-refractivity contribution is 7.09. The van der Waals surface area contributed by atoms with Crippen LogP contribution in [0.25, 0.3) is 0 Å². The van der Waals surface area contributed by atoms with E-state index in [2.05, 4.69) is 9.88 Å². The minimum absolute atomic E-state index is 0.233. The van der Waals surface area contributed by atoms with E-state index >= 15 is 0 Å². The van der Waals surface area contributed by atoms with Gasteiger partial charge in [0.25, 0.3) is 0 Å². The van der Waals surface area contributed by atoms with Gasteiger partial charge in [0.05, 0.1) is 10.9 Å². The summed E-state index contributed by atoms with van der Waals surface area (Å²) in [5, 5.41) is 9.31. The van der Waals surface area contributed by atoms with Gasteiger partial charge in [0, 0.05) is 24.2 Å². The van der Waals surface area contributed by atoms with Crippen LogP contribution in [0.1, 0.15) is 31.6 Å². The number of hydrogen-bond acceptors (Lipinski definition) is 4. The zero-order valence-corrected chi connectivity index (χ0v) is 11.7. The Bertz CT molecular complexity index is 403. The fourth-order valence-corrected chi connectivity index (χ4v) is 3.14. The zero-order chi connectivity index (χ0) is 13.2. The normalized spacial score (nSPS) is 22.0. The van der Waals surface area contributed by atoms with Gasteiger partial charge in [0.1, 0.15) is 0 Å². The predicted molar refractivity (Wildman–Crippen MR) is 71.5 cm³/mol. The van der Waals surface area contributed by atoms with Gasteiger partial charge < -0.3 is 5.11 Å². The van der Waals surface area contributed by atoms with Crippen LogP contribution in [0, 0.1) is 11.3 Å². The molecule has 0 aromatic carbocycles. The van der Waals surface area contributed by atoms with E-state index in [-0.39, 0.29) is 5.92 Å². The molecule has 0 saturated carbocycles. The SMILES string of the molecule is CC(C)(C(=O)O)C1CCCN(Cc2cncs2)C1. The van der Waals surface area contributed by atoms with Crippen LogP contribution < -0.4 is 0 Å². The number of rotatable bonds is 4. The molecule has 4 nitrogen and oxygen atoms in total. The molecule has 5 heteroatoms. The van der Waals surface area contributed by atoms with Crippen LogP contribution >= 0.6 is 11.3 Å². The number of nitrogens with zero attached hydrogens (tertiary/aromatic N) is 2. The van der Waals surface area contributed by atoms with Crippen LogP contribution in [0.4, 0.5) is 0 Å². The summed E-state index contributed by atoms with van der Waals surface area (Å²) in [6.07, 6.45) is 4.00. The summed E-state index contributed by atoms with van der Waals surface area (Å²) in [5.41, 5.74) is 1.21. The van der Waals surface area contributed by atoms with Crippen molar-refractivity contribution in [3.63, 3.8) is 0 Å². The summed E-state index contributed by atoms with van der Waals surface area (Å²) < 4.78 is 0. The molecule has 1 fully saturated rings. The highest BCUT2D eigenvalue weighted by atomic mass is 32.1. The van der Waals surface area contributed by atoms with Crippen LogP contribution in [-0.4, -0.2) is 34.0 Å². The summed E-state index contributed by atoms with van der Waals surface area (Å²) in [4.78, 5) is 19.0. The summed E-state index contributed by atoms with van der Waals surface area (Å²) >= 11 is 1.66. The molecule has 0 aliphatic carbocycles. The number of aliphatic carboxylic acids is 1. The Kier molecular flexibility index (Phi) is 4.02. The van der Waals surface area contributed by atoms with E-state index < -0.39 is 11.4 Å². The number of carboxylic acid groups (broad SMARTS) is 1. The van der Waals surface area contributed by atoms with Gasteiger partial charge in [-0.2, -0.15) is 0 Å². The van der Waals surface area contributed by atoms with Crippen molar-refractivity contribution in [2.45, 2.75) is 33.2 Å². The van der Waals surface area contributed by atoms with E-state index in [1.165, 1.54) is 4.88 Å². The molecule has 2 heterocycles. The van der Waals surface area contributed by atoms with Crippen molar-refractivity contribution in [2.75, 3.05) is 13.1 Å². The molecule has 1 unspecified atom stereocenters. The largest absolute Gasteiger partial charge is 0.481 e. The standard InChI is InChI=1S/C13H20N2O2S/c1-13(2,12(16)17)10-4-3-5-15(7-10)8-11-6-14-9-18-11/h6,9-10H,3-5,7-8H2,1-2H3,(H,16,17). The molecule has 0 amide bonds. The van der Waals surface area contributed by atoms with Gasteiger partial charge in [-0.05, 0) is 39.2 Å². The quantitative estimate of drug-likeness (QED) is 0.911. The Morgan fingerprint density at radius 3 is 3.06 bits per heavy atom. The fraction of sp³-hybridized carbons (Fsp3) is 0.692. The lowest BCUT2D eigenvalue weighted by Crippen LogP contribution is -2.44. The van der Waals surface area contributed by atoms with E-state index in [1.807, 2.05) is 25.6 Å². The van der Waals surface area contributed by atoms with E-state index in [4.69, 9.17) is 0 Å². The molecule has 0 radical (unpaired) electrons. The third-order valence-electron chi connectivity index (χ3n) is 3.94. The second kappa shape index (κ2) is 5.36. The van der Waals surface area contributed by atoms with Crippen LogP contribution in [0.3, 0.4) is 0 Å². The first-order chi connectivity index (χ1) is 8.50. The maximum absolute atomic E-state index is 11.3. The zero-order valence-electron chi connectivity index (χ0n) is 10.9. The van der Waals surface area contributed by atoms with Crippen molar-refractivity contribution >= 4 is 17.3 Å². The fourth-order valence-electron chi connectivity index (χ4n) is 2.50. The average Bonchev–Trinajstić information content (AvgIpc) is 2.82. The molecule has 0 spiro atoms. The third kappa shape index (κ3) is 2.90. The number of thiazole rings is 1. The lowest BCUT2D eigenvalue weighted by Gasteiger charge is -2.39. The minimum atomic E-state index is -0.688. The summed E-state index contributed by atoms with van der Waals surface area (Å²) in [5.74, 6) is -0.455. The molecule has 2 rings (SSSR count). The molecule has 1 aliphatic rings. The van der Waals surface area contributed by atoms with E-state index in [0.29, 0.717) is 0 Å². The Balaban J connectivity index is 1.98. The van der Waals surface area contributed by atoms with Crippen LogP contribution in [0.5, 0.6) is 0 Å². The molecular formula is C13H20N2O2S. The van der Waals surface area contributed by atoms with Crippen LogP contribution in [0.15, 0.2) is 11.7 Å². The van der Waals surface area contributed by atoms with Crippen LogP contribution in [-0.2, 0) is 11.3 Å². The number of piperidine rings is 1. The van der Waals surface area contributed by atoms with Gasteiger partial charge in [-0.15, -0.1) is 11.3 Å². The van der Waals surface area contributed by atoms with Crippen molar-refractivity contribution in [3.05, 3.63) is 16.6 Å². The van der Waals surface area contributed by atoms with Crippen molar-refractivity contribution < 1.29 is 9.90 Å². The molecule has 0 bridgehead atoms. The van der Waals surface area contributed by atoms with Crippen molar-refractivity contribution in [1.82, 2.24) is 9.88 Å². The van der Waals surface area contributed by atoms with Gasteiger partial charge in [-0.3, -0.25) is 14.7 Å². The Hall–Kier alpha value is -0.940. The van der Waals surface area contributed by atoms with Gasteiger partial charge in [0.2, 0.25) is 0 Å². The monoisotopic (exact) mass is 268 g/mol. The number of carboxylic acids is 1. The molecule has 1 aliphatic heterocycles. The summed E-state index contributed by atoms with van der Waals surface area (Å²) in [6.45, 7) is 6.52. The van der Waals surface area contributed by atoms with Crippen molar-refractivity contribution in [2.24, 2.45) is 11.3 Å². The number of carbonyl (C=O) groups is 1. The van der Waals surface area contributed by atoms with Crippen molar-refractivity contribution in [3.8, 4) is 0 Å². The molecule has 1 saturated heterocycles. The number of aromatic nitrogens is 1. The van der Waals surface area contributed by atoms with E-state index in [1.54, 1.807) is 11.3 Å². The van der Waals surface area contributed by atoms with Gasteiger partial charge in [0.15, 0.2) is 0 Å². The minimum Gasteiger partial charge on any atom is -0.481 e. The molecule has 1 aromatic rings. The Labute approximate surface area is 112 Å². The smallest absolute Gasteiger partial charge is 0.309 e. The number of likely N-dealkylation sites (tertiary alicyclic amines) is 1. The maximum Gasteiger partial charge on any atom is 0.309 e. The lowest BCUT2D eigenvalue weighted by atomic mass is 9.74. The molecule has 1 atom stereocenters. The Morgan fingerprint density at radius 1 is 1.67 bits per heavy atom. The highest BCUT2D eigenvalue weighted by Crippen LogP contribution is 2.34. The molecular weight excluding hydrogens is 248 g/mol. The summed E-state index contributed by atoms with van der Waals surface area (Å²) in [7, 11) is 0. The maximum atomic E-state index is 11.3. The topological polar surface area (TPSA) is 53.4 Å². The number of hydrogen-bond donors (Lipinski definition) is 1. The van der Waals surface area contributed by atoms with Crippen LogP contribution in [0.2, 0.25) is 0 Å². The molecule has 1 aromatic heterocycles.